The quantitative estimate of drug-likeness (QED) is 0.484. The summed E-state index contributed by atoms with van der Waals surface area (Å²) in [5, 5.41) is 12.2. The molecule has 0 spiro atoms. The van der Waals surface area contributed by atoms with E-state index in [0.717, 1.165) is 28.0 Å². The summed E-state index contributed by atoms with van der Waals surface area (Å²) in [6.45, 7) is 3.98. The SMILES string of the molecule is CCOc1cc(-c2ccc(C(=O)O)cc2)ccc1[C@@H]1C[C@@H](NC(C)=O)C[C@@H](c2ccccc2)O1. The summed E-state index contributed by atoms with van der Waals surface area (Å²) < 4.78 is 12.6. The van der Waals surface area contributed by atoms with Crippen LogP contribution in [0.3, 0.4) is 0 Å². The molecule has 4 rings (SSSR count). The van der Waals surface area contributed by atoms with Gasteiger partial charge in [-0.1, -0.05) is 54.6 Å². The van der Waals surface area contributed by atoms with Gasteiger partial charge >= 0.3 is 5.97 Å². The highest BCUT2D eigenvalue weighted by atomic mass is 16.5. The van der Waals surface area contributed by atoms with Crippen LogP contribution in [0.2, 0.25) is 0 Å². The number of rotatable bonds is 7. The normalized spacial score (nSPS) is 19.9. The molecular weight excluding hydrogens is 430 g/mol. The van der Waals surface area contributed by atoms with Crippen LogP contribution in [0.1, 0.15) is 60.4 Å². The number of amides is 1. The highest BCUT2D eigenvalue weighted by Gasteiger charge is 2.33. The average Bonchev–Trinajstić information content (AvgIpc) is 2.84. The van der Waals surface area contributed by atoms with Crippen LogP contribution in [0.5, 0.6) is 5.75 Å². The molecule has 0 radical (unpaired) electrons. The molecule has 1 heterocycles. The van der Waals surface area contributed by atoms with Crippen molar-refractivity contribution in [2.24, 2.45) is 0 Å². The molecule has 34 heavy (non-hydrogen) atoms. The molecule has 0 aromatic heterocycles. The van der Waals surface area contributed by atoms with Crippen LogP contribution >= 0.6 is 0 Å². The van der Waals surface area contributed by atoms with E-state index in [-0.39, 0.29) is 29.7 Å². The van der Waals surface area contributed by atoms with Crippen LogP contribution in [-0.2, 0) is 9.53 Å². The first-order valence-electron chi connectivity index (χ1n) is 11.5. The van der Waals surface area contributed by atoms with Crippen molar-refractivity contribution in [2.75, 3.05) is 6.61 Å². The van der Waals surface area contributed by atoms with Gasteiger partial charge in [-0.15, -0.1) is 0 Å². The van der Waals surface area contributed by atoms with Crippen LogP contribution < -0.4 is 10.1 Å². The van der Waals surface area contributed by atoms with Gasteiger partial charge in [-0.05, 0) is 54.7 Å². The topological polar surface area (TPSA) is 84.9 Å². The molecule has 3 atom stereocenters. The van der Waals surface area contributed by atoms with Gasteiger partial charge < -0.3 is 19.9 Å². The fourth-order valence-corrected chi connectivity index (χ4v) is 4.48. The molecule has 6 nitrogen and oxygen atoms in total. The minimum atomic E-state index is -0.951. The lowest BCUT2D eigenvalue weighted by molar-refractivity contribution is -0.122. The number of hydrogen-bond acceptors (Lipinski definition) is 4. The zero-order valence-corrected chi connectivity index (χ0v) is 19.4. The number of aromatic carboxylic acids is 1. The van der Waals surface area contributed by atoms with Crippen LogP contribution in [0, 0.1) is 0 Å². The van der Waals surface area contributed by atoms with Crippen LogP contribution in [0.4, 0.5) is 0 Å². The lowest BCUT2D eigenvalue weighted by Crippen LogP contribution is -2.39. The van der Waals surface area contributed by atoms with Crippen LogP contribution in [-0.4, -0.2) is 29.6 Å². The Labute approximate surface area is 199 Å². The maximum absolute atomic E-state index is 11.8. The molecule has 3 aromatic rings. The zero-order valence-electron chi connectivity index (χ0n) is 19.4. The molecule has 0 bridgehead atoms. The highest BCUT2D eigenvalue weighted by molar-refractivity contribution is 5.88. The van der Waals surface area contributed by atoms with E-state index in [9.17, 15) is 9.59 Å². The van der Waals surface area contributed by atoms with Gasteiger partial charge in [-0.2, -0.15) is 0 Å². The summed E-state index contributed by atoms with van der Waals surface area (Å²) in [5.74, 6) is -0.279. The molecule has 0 aliphatic carbocycles. The maximum atomic E-state index is 11.8. The standard InChI is InChI=1S/C28H29NO5/c1-3-33-26-15-22(19-9-11-21(12-10-19)28(31)32)13-14-24(26)27-17-23(29-18(2)30)16-25(34-27)20-7-5-4-6-8-20/h4-15,23,25,27H,3,16-17H2,1-2H3,(H,29,30)(H,31,32)/t23-,25-,27-/m0/s1. The van der Waals surface area contributed by atoms with Crippen LogP contribution in [0.15, 0.2) is 72.8 Å². The molecule has 3 aromatic carbocycles. The van der Waals surface area contributed by atoms with Gasteiger partial charge in [0.15, 0.2) is 0 Å². The number of hydrogen-bond donors (Lipinski definition) is 2. The van der Waals surface area contributed by atoms with E-state index in [4.69, 9.17) is 14.6 Å². The Hall–Kier alpha value is -3.64. The molecule has 0 saturated carbocycles. The average molecular weight is 460 g/mol. The summed E-state index contributed by atoms with van der Waals surface area (Å²) in [4.78, 5) is 23.0. The second-order valence-electron chi connectivity index (χ2n) is 8.46. The number of carbonyl (C=O) groups is 2. The van der Waals surface area contributed by atoms with Crippen molar-refractivity contribution in [1.82, 2.24) is 5.32 Å². The van der Waals surface area contributed by atoms with Gasteiger partial charge in [0, 0.05) is 18.5 Å². The number of nitrogens with one attached hydrogen (secondary N) is 1. The molecule has 2 N–H and O–H groups in total. The fourth-order valence-electron chi connectivity index (χ4n) is 4.48. The molecular formula is C28H29NO5. The summed E-state index contributed by atoms with van der Waals surface area (Å²) in [5.41, 5.74) is 4.09. The third-order valence-corrected chi connectivity index (χ3v) is 6.03. The Kier molecular flexibility index (Phi) is 7.28. The van der Waals surface area contributed by atoms with E-state index >= 15 is 0 Å². The number of carboxylic acids is 1. The molecule has 1 aliphatic rings. The summed E-state index contributed by atoms with van der Waals surface area (Å²) in [7, 11) is 0. The van der Waals surface area contributed by atoms with Gasteiger partial charge in [0.05, 0.1) is 24.4 Å². The second kappa shape index (κ2) is 10.5. The molecule has 1 aliphatic heterocycles. The first-order chi connectivity index (χ1) is 16.4. The largest absolute Gasteiger partial charge is 0.493 e. The van der Waals surface area contributed by atoms with Crippen LogP contribution in [0.25, 0.3) is 11.1 Å². The second-order valence-corrected chi connectivity index (χ2v) is 8.46. The number of ether oxygens (including phenoxy) is 2. The van der Waals surface area contributed by atoms with Crippen molar-refractivity contribution in [3.63, 3.8) is 0 Å². The van der Waals surface area contributed by atoms with Crippen molar-refractivity contribution in [2.45, 2.75) is 44.9 Å². The van der Waals surface area contributed by atoms with Crippen molar-refractivity contribution in [3.05, 3.63) is 89.5 Å². The van der Waals surface area contributed by atoms with Crippen molar-refractivity contribution in [1.29, 1.82) is 0 Å². The van der Waals surface area contributed by atoms with Crippen molar-refractivity contribution < 1.29 is 24.2 Å². The zero-order chi connectivity index (χ0) is 24.1. The Bertz CT molecular complexity index is 1140. The minimum absolute atomic E-state index is 0.0147. The van der Waals surface area contributed by atoms with Gasteiger partial charge in [-0.3, -0.25) is 4.79 Å². The molecule has 0 unspecified atom stereocenters. The smallest absolute Gasteiger partial charge is 0.335 e. The van der Waals surface area contributed by atoms with E-state index in [1.54, 1.807) is 24.3 Å². The Morgan fingerprint density at radius 2 is 1.65 bits per heavy atom. The lowest BCUT2D eigenvalue weighted by Gasteiger charge is -2.36. The molecule has 1 amide bonds. The highest BCUT2D eigenvalue weighted by Crippen LogP contribution is 2.42. The number of carbonyl (C=O) groups excluding carboxylic acids is 1. The first-order valence-corrected chi connectivity index (χ1v) is 11.5. The predicted molar refractivity (Wildman–Crippen MR) is 130 cm³/mol. The van der Waals surface area contributed by atoms with Crippen molar-refractivity contribution >= 4 is 11.9 Å². The monoisotopic (exact) mass is 459 g/mol. The molecule has 1 saturated heterocycles. The predicted octanol–water partition coefficient (Wildman–Crippen LogP) is 5.55. The fraction of sp³-hybridized carbons (Fsp3) is 0.286. The summed E-state index contributed by atoms with van der Waals surface area (Å²) in [6, 6.07) is 22.8. The van der Waals surface area contributed by atoms with E-state index in [1.807, 2.05) is 55.5 Å². The van der Waals surface area contributed by atoms with E-state index in [2.05, 4.69) is 5.32 Å². The minimum Gasteiger partial charge on any atom is -0.493 e. The van der Waals surface area contributed by atoms with Crippen molar-refractivity contribution in [3.8, 4) is 16.9 Å². The van der Waals surface area contributed by atoms with Gasteiger partial charge in [0.2, 0.25) is 5.91 Å². The third-order valence-electron chi connectivity index (χ3n) is 6.03. The third kappa shape index (κ3) is 5.46. The van der Waals surface area contributed by atoms with Gasteiger partial charge in [-0.25, -0.2) is 4.79 Å². The molecule has 176 valence electrons. The Balaban J connectivity index is 1.66. The van der Waals surface area contributed by atoms with E-state index < -0.39 is 5.97 Å². The number of benzene rings is 3. The first kappa shape index (κ1) is 23.5. The van der Waals surface area contributed by atoms with Gasteiger partial charge in [0.25, 0.3) is 0 Å². The van der Waals surface area contributed by atoms with E-state index in [0.29, 0.717) is 19.4 Å². The summed E-state index contributed by atoms with van der Waals surface area (Å²) >= 11 is 0. The molecule has 6 heteroatoms. The maximum Gasteiger partial charge on any atom is 0.335 e. The Morgan fingerprint density at radius 1 is 0.971 bits per heavy atom. The molecule has 1 fully saturated rings. The summed E-state index contributed by atoms with van der Waals surface area (Å²) in [6.07, 6.45) is 0.962. The van der Waals surface area contributed by atoms with E-state index in [1.165, 1.54) is 6.92 Å². The Morgan fingerprint density at radius 3 is 2.29 bits per heavy atom. The lowest BCUT2D eigenvalue weighted by atomic mass is 9.90. The van der Waals surface area contributed by atoms with Gasteiger partial charge in [0.1, 0.15) is 5.75 Å². The number of carboxylic acid groups (broad SMARTS) is 1.